The zero-order chi connectivity index (χ0) is 20.8. The first kappa shape index (κ1) is 19.9. The van der Waals surface area contributed by atoms with E-state index in [1.807, 2.05) is 85.8 Å². The van der Waals surface area contributed by atoms with Crippen molar-refractivity contribution < 1.29 is 9.53 Å². The monoisotopic (exact) mass is 415 g/mol. The van der Waals surface area contributed by atoms with Gasteiger partial charge in [-0.1, -0.05) is 60.3 Å². The Labute approximate surface area is 179 Å². The lowest BCUT2D eigenvalue weighted by Crippen LogP contribution is -2.14. The van der Waals surface area contributed by atoms with Crippen LogP contribution in [0, 0.1) is 0 Å². The van der Waals surface area contributed by atoms with E-state index in [4.69, 9.17) is 9.72 Å². The Balaban J connectivity index is 1.49. The highest BCUT2D eigenvalue weighted by Gasteiger charge is 2.12. The van der Waals surface area contributed by atoms with E-state index in [2.05, 4.69) is 10.3 Å². The molecular weight excluding hydrogens is 394 g/mol. The van der Waals surface area contributed by atoms with E-state index in [9.17, 15) is 4.79 Å². The first-order valence-corrected chi connectivity index (χ1v) is 10.7. The Kier molecular flexibility index (Phi) is 6.25. The molecule has 3 aromatic carbocycles. The summed E-state index contributed by atoms with van der Waals surface area (Å²) >= 11 is 1.32. The smallest absolute Gasteiger partial charge is 0.234 e. The number of hydrogen-bond acceptors (Lipinski definition) is 5. The molecule has 0 bridgehead atoms. The Hall–Kier alpha value is -3.38. The molecular formula is C24H21N3O2S. The van der Waals surface area contributed by atoms with Gasteiger partial charge in [-0.3, -0.25) is 4.79 Å². The number of anilines is 1. The molecule has 0 aliphatic heterocycles. The normalized spacial score (nSPS) is 10.7. The third-order valence-corrected chi connectivity index (χ3v) is 5.26. The Morgan fingerprint density at radius 2 is 1.67 bits per heavy atom. The van der Waals surface area contributed by atoms with Gasteiger partial charge in [0, 0.05) is 16.6 Å². The molecule has 0 aliphatic rings. The summed E-state index contributed by atoms with van der Waals surface area (Å²) in [4.78, 5) is 21.8. The van der Waals surface area contributed by atoms with Crippen LogP contribution in [-0.4, -0.2) is 28.2 Å². The molecule has 30 heavy (non-hydrogen) atoms. The van der Waals surface area contributed by atoms with Gasteiger partial charge in [0.1, 0.15) is 5.75 Å². The number of benzene rings is 3. The maximum Gasteiger partial charge on any atom is 0.234 e. The number of rotatable bonds is 7. The summed E-state index contributed by atoms with van der Waals surface area (Å²) in [6.07, 6.45) is 0. The molecule has 4 aromatic rings. The molecule has 5 nitrogen and oxygen atoms in total. The maximum atomic E-state index is 12.4. The number of carbonyl (C=O) groups is 1. The molecule has 4 rings (SSSR count). The summed E-state index contributed by atoms with van der Waals surface area (Å²) in [6.45, 7) is 2.55. The summed E-state index contributed by atoms with van der Waals surface area (Å²) < 4.78 is 5.42. The third kappa shape index (κ3) is 4.78. The predicted octanol–water partition coefficient (Wildman–Crippen LogP) is 5.43. The summed E-state index contributed by atoms with van der Waals surface area (Å²) in [5.41, 5.74) is 3.49. The number of nitrogens with one attached hydrogen (secondary N) is 1. The summed E-state index contributed by atoms with van der Waals surface area (Å²) in [5.74, 6) is 0.893. The van der Waals surface area contributed by atoms with Crippen LogP contribution in [0.4, 0.5) is 5.69 Å². The highest BCUT2D eigenvalue weighted by Crippen LogP contribution is 2.28. The van der Waals surface area contributed by atoms with Gasteiger partial charge in [-0.25, -0.2) is 9.97 Å². The number of amides is 1. The minimum Gasteiger partial charge on any atom is -0.494 e. The first-order valence-electron chi connectivity index (χ1n) is 9.70. The molecule has 0 atom stereocenters. The third-order valence-electron chi connectivity index (χ3n) is 4.41. The minimum atomic E-state index is -0.109. The SMILES string of the molecule is CCOc1ccc(NC(=O)CSc2nc(-c3ccccc3)c3ccccc3n2)cc1. The van der Waals surface area contributed by atoms with Crippen LogP contribution in [0.15, 0.2) is 84.0 Å². The number of para-hydroxylation sites is 1. The standard InChI is InChI=1S/C24H21N3O2S/c1-2-29-19-14-12-18(13-15-19)25-22(28)16-30-24-26-21-11-7-6-10-20(21)23(27-24)17-8-4-3-5-9-17/h3-15H,2,16H2,1H3,(H,25,28). The van der Waals surface area contributed by atoms with Crippen molar-refractivity contribution in [1.82, 2.24) is 9.97 Å². The van der Waals surface area contributed by atoms with Crippen LogP contribution in [-0.2, 0) is 4.79 Å². The highest BCUT2D eigenvalue weighted by atomic mass is 32.2. The van der Waals surface area contributed by atoms with Gasteiger partial charge in [-0.05, 0) is 37.3 Å². The van der Waals surface area contributed by atoms with E-state index in [1.165, 1.54) is 11.8 Å². The van der Waals surface area contributed by atoms with Crippen molar-refractivity contribution in [2.75, 3.05) is 17.7 Å². The van der Waals surface area contributed by atoms with Crippen LogP contribution in [0.2, 0.25) is 0 Å². The number of ether oxygens (including phenoxy) is 1. The fourth-order valence-corrected chi connectivity index (χ4v) is 3.72. The highest BCUT2D eigenvalue weighted by molar-refractivity contribution is 7.99. The van der Waals surface area contributed by atoms with Gasteiger partial charge >= 0.3 is 0 Å². The fraction of sp³-hybridized carbons (Fsp3) is 0.125. The second-order valence-corrected chi connectivity index (χ2v) is 7.47. The van der Waals surface area contributed by atoms with Crippen molar-refractivity contribution in [1.29, 1.82) is 0 Å². The summed E-state index contributed by atoms with van der Waals surface area (Å²) in [6, 6.07) is 25.3. The molecule has 6 heteroatoms. The number of carbonyl (C=O) groups excluding carboxylic acids is 1. The number of thioether (sulfide) groups is 1. The number of hydrogen-bond donors (Lipinski definition) is 1. The topological polar surface area (TPSA) is 64.1 Å². The fourth-order valence-electron chi connectivity index (χ4n) is 3.06. The lowest BCUT2D eigenvalue weighted by molar-refractivity contribution is -0.113. The average Bonchev–Trinajstić information content (AvgIpc) is 2.79. The quantitative estimate of drug-likeness (QED) is 0.322. The van der Waals surface area contributed by atoms with Crippen molar-refractivity contribution in [3.8, 4) is 17.0 Å². The molecule has 1 aromatic heterocycles. The Morgan fingerprint density at radius 1 is 0.933 bits per heavy atom. The van der Waals surface area contributed by atoms with Gasteiger partial charge in [0.05, 0.1) is 23.6 Å². The van der Waals surface area contributed by atoms with E-state index in [0.717, 1.165) is 33.6 Å². The molecule has 0 aliphatic carbocycles. The Morgan fingerprint density at radius 3 is 2.43 bits per heavy atom. The van der Waals surface area contributed by atoms with Gasteiger partial charge in [-0.15, -0.1) is 0 Å². The van der Waals surface area contributed by atoms with Crippen molar-refractivity contribution in [3.63, 3.8) is 0 Å². The van der Waals surface area contributed by atoms with Crippen LogP contribution in [0.5, 0.6) is 5.75 Å². The molecule has 1 heterocycles. The molecule has 0 radical (unpaired) electrons. The van der Waals surface area contributed by atoms with Crippen molar-refractivity contribution >= 4 is 34.3 Å². The molecule has 1 amide bonds. The van der Waals surface area contributed by atoms with E-state index in [-0.39, 0.29) is 11.7 Å². The van der Waals surface area contributed by atoms with Gasteiger partial charge in [-0.2, -0.15) is 0 Å². The molecule has 0 spiro atoms. The van der Waals surface area contributed by atoms with Crippen molar-refractivity contribution in [3.05, 3.63) is 78.9 Å². The summed E-state index contributed by atoms with van der Waals surface area (Å²) in [5, 5.41) is 4.46. The second-order valence-electron chi connectivity index (χ2n) is 6.53. The zero-order valence-electron chi connectivity index (χ0n) is 16.5. The molecule has 150 valence electrons. The number of nitrogens with zero attached hydrogens (tertiary/aromatic N) is 2. The van der Waals surface area contributed by atoms with Gasteiger partial charge in [0.2, 0.25) is 5.91 Å². The molecule has 0 fully saturated rings. The van der Waals surface area contributed by atoms with Crippen LogP contribution in [0.25, 0.3) is 22.2 Å². The van der Waals surface area contributed by atoms with Gasteiger partial charge in [0.25, 0.3) is 0 Å². The molecule has 0 unspecified atom stereocenters. The van der Waals surface area contributed by atoms with E-state index < -0.39 is 0 Å². The maximum absolute atomic E-state index is 12.4. The lowest BCUT2D eigenvalue weighted by Gasteiger charge is -2.09. The second kappa shape index (κ2) is 9.41. The van der Waals surface area contributed by atoms with E-state index >= 15 is 0 Å². The largest absolute Gasteiger partial charge is 0.494 e. The predicted molar refractivity (Wildman–Crippen MR) is 122 cm³/mol. The summed E-state index contributed by atoms with van der Waals surface area (Å²) in [7, 11) is 0. The number of aromatic nitrogens is 2. The number of fused-ring (bicyclic) bond motifs is 1. The average molecular weight is 416 g/mol. The van der Waals surface area contributed by atoms with Crippen LogP contribution < -0.4 is 10.1 Å². The minimum absolute atomic E-state index is 0.109. The first-order chi connectivity index (χ1) is 14.7. The van der Waals surface area contributed by atoms with Crippen molar-refractivity contribution in [2.24, 2.45) is 0 Å². The van der Waals surface area contributed by atoms with E-state index in [1.54, 1.807) is 0 Å². The van der Waals surface area contributed by atoms with Gasteiger partial charge < -0.3 is 10.1 Å². The Bertz CT molecular complexity index is 1150. The van der Waals surface area contributed by atoms with Gasteiger partial charge in [0.15, 0.2) is 5.16 Å². The van der Waals surface area contributed by atoms with Crippen LogP contribution in [0.3, 0.4) is 0 Å². The van der Waals surface area contributed by atoms with Crippen LogP contribution in [0.1, 0.15) is 6.92 Å². The molecule has 1 N–H and O–H groups in total. The molecule has 0 saturated carbocycles. The van der Waals surface area contributed by atoms with Crippen molar-refractivity contribution in [2.45, 2.75) is 12.1 Å². The zero-order valence-corrected chi connectivity index (χ0v) is 17.4. The van der Waals surface area contributed by atoms with E-state index in [0.29, 0.717) is 11.8 Å². The molecule has 0 saturated heterocycles. The van der Waals surface area contributed by atoms with Crippen LogP contribution >= 0.6 is 11.8 Å². The lowest BCUT2D eigenvalue weighted by atomic mass is 10.1.